The predicted octanol–water partition coefficient (Wildman–Crippen LogP) is 5.09. The Bertz CT molecular complexity index is 1900. The Balaban J connectivity index is 1.56. The molecule has 0 fully saturated rings. The van der Waals surface area contributed by atoms with Gasteiger partial charge in [-0.05, 0) is 60.5 Å². The van der Waals surface area contributed by atoms with Gasteiger partial charge in [0, 0.05) is 11.8 Å². The van der Waals surface area contributed by atoms with Gasteiger partial charge in [0.15, 0.2) is 11.0 Å². The number of aryl methyl sites for hydroxylation is 1. The molecule has 2 aliphatic rings. The van der Waals surface area contributed by atoms with Gasteiger partial charge in [0.25, 0.3) is 11.8 Å². The Kier molecular flexibility index (Phi) is 4.84. The Morgan fingerprint density at radius 3 is 2.46 bits per heavy atom. The lowest BCUT2D eigenvalue weighted by atomic mass is 9.84. The van der Waals surface area contributed by atoms with Gasteiger partial charge in [0.05, 0.1) is 23.2 Å². The fourth-order valence-corrected chi connectivity index (χ4v) is 5.73. The highest BCUT2D eigenvalue weighted by Crippen LogP contribution is 2.54. The van der Waals surface area contributed by atoms with Crippen LogP contribution in [0.4, 0.5) is 15.9 Å². The maximum atomic E-state index is 14.8. The molecule has 0 bridgehead atoms. The standard InChI is InChI=1S/C31H20FN3O4/c1-18-14-15-33-25(16-18)35-29(37)28-26(27(36)21-6-2-5-9-24(21)39-28)31(35)22-7-3-4-8-23(22)34(30(31)38)17-19-10-12-20(32)13-11-19/h2-16H,17H2,1H3. The van der Waals surface area contributed by atoms with Crippen molar-refractivity contribution in [2.75, 3.05) is 9.80 Å². The van der Waals surface area contributed by atoms with Crippen molar-refractivity contribution in [3.63, 3.8) is 0 Å². The van der Waals surface area contributed by atoms with Crippen LogP contribution in [-0.4, -0.2) is 16.8 Å². The number of amides is 2. The van der Waals surface area contributed by atoms with Crippen molar-refractivity contribution in [3.8, 4) is 0 Å². The number of nitrogens with zero attached hydrogens (tertiary/aromatic N) is 3. The molecule has 7 rings (SSSR count). The van der Waals surface area contributed by atoms with Gasteiger partial charge in [0.2, 0.25) is 5.76 Å². The molecule has 0 N–H and O–H groups in total. The highest BCUT2D eigenvalue weighted by atomic mass is 19.1. The molecule has 190 valence electrons. The van der Waals surface area contributed by atoms with E-state index in [0.717, 1.165) is 5.56 Å². The number of carbonyl (C=O) groups is 2. The minimum atomic E-state index is -1.84. The maximum absolute atomic E-state index is 14.8. The van der Waals surface area contributed by atoms with Crippen LogP contribution < -0.4 is 15.2 Å². The monoisotopic (exact) mass is 517 g/mol. The van der Waals surface area contributed by atoms with E-state index in [0.29, 0.717) is 16.8 Å². The molecule has 0 aliphatic carbocycles. The molecule has 39 heavy (non-hydrogen) atoms. The van der Waals surface area contributed by atoms with E-state index in [1.54, 1.807) is 79.0 Å². The van der Waals surface area contributed by atoms with E-state index in [1.807, 2.05) is 6.92 Å². The van der Waals surface area contributed by atoms with Crippen LogP contribution >= 0.6 is 0 Å². The molecule has 0 saturated carbocycles. The fraction of sp³-hybridized carbons (Fsp3) is 0.0968. The molecular weight excluding hydrogens is 497 g/mol. The van der Waals surface area contributed by atoms with Crippen molar-refractivity contribution in [1.82, 2.24) is 4.98 Å². The highest BCUT2D eigenvalue weighted by Gasteiger charge is 2.66. The molecule has 5 aromatic rings. The van der Waals surface area contributed by atoms with E-state index in [4.69, 9.17) is 4.42 Å². The van der Waals surface area contributed by atoms with Gasteiger partial charge < -0.3 is 9.32 Å². The summed E-state index contributed by atoms with van der Waals surface area (Å²) in [5.74, 6) is -1.47. The van der Waals surface area contributed by atoms with Gasteiger partial charge in [-0.25, -0.2) is 9.37 Å². The van der Waals surface area contributed by atoms with Crippen molar-refractivity contribution in [3.05, 3.63) is 135 Å². The van der Waals surface area contributed by atoms with Crippen molar-refractivity contribution >= 4 is 34.3 Å². The Hall–Kier alpha value is -5.11. The van der Waals surface area contributed by atoms with Crippen LogP contribution in [0.25, 0.3) is 11.0 Å². The first kappa shape index (κ1) is 23.0. The van der Waals surface area contributed by atoms with Crippen molar-refractivity contribution in [2.45, 2.75) is 19.0 Å². The van der Waals surface area contributed by atoms with E-state index in [1.165, 1.54) is 21.9 Å². The topological polar surface area (TPSA) is 83.7 Å². The lowest BCUT2D eigenvalue weighted by molar-refractivity contribution is -0.121. The number of hydrogen-bond acceptors (Lipinski definition) is 5. The predicted molar refractivity (Wildman–Crippen MR) is 143 cm³/mol. The SMILES string of the molecule is Cc1ccnc(N2C(=O)c3oc4ccccc4c(=O)c3C23C(=O)N(Cc2ccc(F)cc2)c2ccccc23)c1. The average molecular weight is 518 g/mol. The van der Waals surface area contributed by atoms with Gasteiger partial charge in [-0.1, -0.05) is 42.5 Å². The molecule has 1 unspecified atom stereocenters. The van der Waals surface area contributed by atoms with Gasteiger partial charge in [-0.3, -0.25) is 19.3 Å². The summed E-state index contributed by atoms with van der Waals surface area (Å²) in [6, 6.07) is 23.1. The molecule has 8 heteroatoms. The summed E-state index contributed by atoms with van der Waals surface area (Å²) in [7, 11) is 0. The van der Waals surface area contributed by atoms with Crippen molar-refractivity contribution in [2.24, 2.45) is 0 Å². The molecule has 2 amide bonds. The normalized spacial score (nSPS) is 17.8. The Morgan fingerprint density at radius 2 is 1.67 bits per heavy atom. The number of halogens is 1. The van der Waals surface area contributed by atoms with E-state index in [2.05, 4.69) is 4.98 Å². The van der Waals surface area contributed by atoms with Gasteiger partial charge in [0.1, 0.15) is 17.2 Å². The van der Waals surface area contributed by atoms with Crippen LogP contribution in [0.15, 0.2) is 100 Å². The molecule has 2 aliphatic heterocycles. The molecule has 7 nitrogen and oxygen atoms in total. The molecule has 0 radical (unpaired) electrons. The number of pyridine rings is 1. The molecule has 2 aromatic heterocycles. The molecule has 3 aromatic carbocycles. The Labute approximate surface area is 221 Å². The van der Waals surface area contributed by atoms with Crippen LogP contribution in [0.5, 0.6) is 0 Å². The summed E-state index contributed by atoms with van der Waals surface area (Å²) in [4.78, 5) is 50.4. The van der Waals surface area contributed by atoms with Crippen molar-refractivity contribution < 1.29 is 18.4 Å². The number of anilines is 2. The second-order valence-corrected chi connectivity index (χ2v) is 9.71. The van der Waals surface area contributed by atoms with Crippen molar-refractivity contribution in [1.29, 1.82) is 0 Å². The highest BCUT2D eigenvalue weighted by molar-refractivity contribution is 6.24. The number of aromatic nitrogens is 1. The van der Waals surface area contributed by atoms with E-state index >= 15 is 0 Å². The lowest BCUT2D eigenvalue weighted by Crippen LogP contribution is -2.54. The van der Waals surface area contributed by atoms with Crippen LogP contribution in [-0.2, 0) is 16.9 Å². The molecule has 1 atom stereocenters. The third-order valence-electron chi connectivity index (χ3n) is 7.42. The lowest BCUT2D eigenvalue weighted by Gasteiger charge is -2.33. The second kappa shape index (κ2) is 8.19. The first-order chi connectivity index (χ1) is 18.9. The largest absolute Gasteiger partial charge is 0.450 e. The van der Waals surface area contributed by atoms with Gasteiger partial charge in [-0.15, -0.1) is 0 Å². The zero-order chi connectivity index (χ0) is 26.9. The van der Waals surface area contributed by atoms with Crippen LogP contribution in [0, 0.1) is 12.7 Å². The summed E-state index contributed by atoms with van der Waals surface area (Å²) in [6.07, 6.45) is 1.56. The summed E-state index contributed by atoms with van der Waals surface area (Å²) in [5.41, 5.74) is 0.445. The zero-order valence-corrected chi connectivity index (χ0v) is 20.7. The fourth-order valence-electron chi connectivity index (χ4n) is 5.73. The number of rotatable bonds is 3. The third kappa shape index (κ3) is 3.08. The third-order valence-corrected chi connectivity index (χ3v) is 7.42. The minimum absolute atomic E-state index is 0.0337. The smallest absolute Gasteiger partial charge is 0.297 e. The zero-order valence-electron chi connectivity index (χ0n) is 20.7. The van der Waals surface area contributed by atoms with Gasteiger partial charge in [-0.2, -0.15) is 0 Å². The summed E-state index contributed by atoms with van der Waals surface area (Å²) >= 11 is 0. The molecule has 1 spiro atoms. The average Bonchev–Trinajstić information content (AvgIpc) is 3.34. The molecule has 4 heterocycles. The van der Waals surface area contributed by atoms with Crippen LogP contribution in [0.2, 0.25) is 0 Å². The number of carbonyl (C=O) groups excluding carboxylic acids is 2. The quantitative estimate of drug-likeness (QED) is 0.333. The number of fused-ring (bicyclic) bond motifs is 5. The summed E-state index contributed by atoms with van der Waals surface area (Å²) in [5, 5.41) is 0.268. The second-order valence-electron chi connectivity index (χ2n) is 9.71. The number of hydrogen-bond donors (Lipinski definition) is 0. The van der Waals surface area contributed by atoms with Crippen LogP contribution in [0.1, 0.15) is 32.8 Å². The summed E-state index contributed by atoms with van der Waals surface area (Å²) in [6.45, 7) is 1.96. The molecular formula is C31H20FN3O4. The van der Waals surface area contributed by atoms with Gasteiger partial charge >= 0.3 is 0 Å². The summed E-state index contributed by atoms with van der Waals surface area (Å²) < 4.78 is 19.7. The van der Waals surface area contributed by atoms with E-state index in [-0.39, 0.29) is 40.5 Å². The van der Waals surface area contributed by atoms with Crippen LogP contribution in [0.3, 0.4) is 0 Å². The maximum Gasteiger partial charge on any atom is 0.297 e. The number of benzene rings is 3. The van der Waals surface area contributed by atoms with E-state index < -0.39 is 22.8 Å². The van der Waals surface area contributed by atoms with E-state index in [9.17, 15) is 18.8 Å². The first-order valence-corrected chi connectivity index (χ1v) is 12.4. The molecule has 0 saturated heterocycles. The first-order valence-electron chi connectivity index (χ1n) is 12.4. The number of para-hydroxylation sites is 2. The Morgan fingerprint density at radius 1 is 0.923 bits per heavy atom. The minimum Gasteiger partial charge on any atom is -0.450 e.